The summed E-state index contributed by atoms with van der Waals surface area (Å²) in [7, 11) is 0. The normalized spacial score (nSPS) is 10.8. The molecule has 0 bridgehead atoms. The summed E-state index contributed by atoms with van der Waals surface area (Å²) in [6.07, 6.45) is 1.92. The third-order valence-electron chi connectivity index (χ3n) is 3.39. The van der Waals surface area contributed by atoms with Crippen LogP contribution < -0.4 is 5.32 Å². The summed E-state index contributed by atoms with van der Waals surface area (Å²) in [5, 5.41) is 13.0. The van der Waals surface area contributed by atoms with E-state index in [2.05, 4.69) is 15.6 Å². The van der Waals surface area contributed by atoms with E-state index in [1.807, 2.05) is 31.4 Å². The zero-order valence-corrected chi connectivity index (χ0v) is 13.2. The average Bonchev–Trinajstić information content (AvgIpc) is 3.20. The van der Waals surface area contributed by atoms with Gasteiger partial charge in [0.1, 0.15) is 11.6 Å². The van der Waals surface area contributed by atoms with E-state index in [1.54, 1.807) is 28.3 Å². The number of aryl methyl sites for hydroxylation is 2. The molecule has 0 radical (unpaired) electrons. The second kappa shape index (κ2) is 6.15. The van der Waals surface area contributed by atoms with Gasteiger partial charge in [0.15, 0.2) is 0 Å². The van der Waals surface area contributed by atoms with Gasteiger partial charge in [0.25, 0.3) is 0 Å². The Morgan fingerprint density at radius 1 is 1.41 bits per heavy atom. The third-order valence-corrected chi connectivity index (χ3v) is 4.25. The van der Waals surface area contributed by atoms with Crippen molar-refractivity contribution in [3.63, 3.8) is 0 Å². The van der Waals surface area contributed by atoms with Crippen LogP contribution >= 0.6 is 11.3 Å². The minimum absolute atomic E-state index is 0.109. The fraction of sp³-hybridized carbons (Fsp3) is 0.267. The second-order valence-corrected chi connectivity index (χ2v) is 6.01. The molecule has 0 aliphatic heterocycles. The molecule has 1 N–H and O–H groups in total. The van der Waals surface area contributed by atoms with Crippen LogP contribution in [0.25, 0.3) is 0 Å². The van der Waals surface area contributed by atoms with Gasteiger partial charge in [-0.3, -0.25) is 4.79 Å². The molecular weight excluding hydrogens is 300 g/mol. The van der Waals surface area contributed by atoms with Crippen molar-refractivity contribution < 1.29 is 9.32 Å². The van der Waals surface area contributed by atoms with Gasteiger partial charge in [-0.15, -0.1) is 11.3 Å². The summed E-state index contributed by atoms with van der Waals surface area (Å²) in [6, 6.07) is 5.83. The Labute approximate surface area is 131 Å². The van der Waals surface area contributed by atoms with Crippen molar-refractivity contribution >= 4 is 23.1 Å². The molecule has 114 valence electrons. The molecule has 3 heterocycles. The van der Waals surface area contributed by atoms with E-state index in [-0.39, 0.29) is 12.3 Å². The molecule has 0 saturated carbocycles. The van der Waals surface area contributed by atoms with E-state index in [0.717, 1.165) is 11.3 Å². The smallest absolute Gasteiger partial charge is 0.230 e. The molecule has 1 amide bonds. The summed E-state index contributed by atoms with van der Waals surface area (Å²) in [5.41, 5.74) is 1.58. The van der Waals surface area contributed by atoms with Crippen molar-refractivity contribution in [2.75, 3.05) is 5.32 Å². The molecule has 7 heteroatoms. The zero-order valence-electron chi connectivity index (χ0n) is 12.4. The maximum absolute atomic E-state index is 12.2. The predicted molar refractivity (Wildman–Crippen MR) is 84.0 cm³/mol. The quantitative estimate of drug-likeness (QED) is 0.785. The summed E-state index contributed by atoms with van der Waals surface area (Å²) < 4.78 is 6.85. The molecule has 0 spiro atoms. The van der Waals surface area contributed by atoms with Gasteiger partial charge in [0, 0.05) is 16.5 Å². The lowest BCUT2D eigenvalue weighted by Gasteiger charge is -2.08. The molecule has 0 aliphatic rings. The topological polar surface area (TPSA) is 73.0 Å². The van der Waals surface area contributed by atoms with Crippen LogP contribution in [0.1, 0.15) is 21.9 Å². The van der Waals surface area contributed by atoms with Crippen molar-refractivity contribution in [2.24, 2.45) is 0 Å². The minimum atomic E-state index is -0.109. The second-order valence-electron chi connectivity index (χ2n) is 4.98. The number of nitrogens with zero attached hydrogens (tertiary/aromatic N) is 3. The summed E-state index contributed by atoms with van der Waals surface area (Å²) >= 11 is 1.66. The largest absolute Gasteiger partial charge is 0.361 e. The Kier molecular flexibility index (Phi) is 4.06. The van der Waals surface area contributed by atoms with Crippen LogP contribution in [-0.4, -0.2) is 20.8 Å². The number of hydrogen-bond donors (Lipinski definition) is 1. The molecule has 22 heavy (non-hydrogen) atoms. The number of carbonyl (C=O) groups is 1. The third kappa shape index (κ3) is 3.09. The first kappa shape index (κ1) is 14.5. The molecule has 0 unspecified atom stereocenters. The molecule has 3 aromatic rings. The first-order valence-electron chi connectivity index (χ1n) is 6.89. The molecule has 6 nitrogen and oxygen atoms in total. The zero-order chi connectivity index (χ0) is 15.5. The first-order valence-corrected chi connectivity index (χ1v) is 7.77. The highest BCUT2D eigenvalue weighted by Gasteiger charge is 2.15. The predicted octanol–water partition coefficient (Wildman–Crippen LogP) is 2.78. The van der Waals surface area contributed by atoms with Gasteiger partial charge in [-0.1, -0.05) is 11.2 Å². The Hall–Kier alpha value is -2.41. The number of hydrogen-bond acceptors (Lipinski definition) is 5. The van der Waals surface area contributed by atoms with E-state index in [0.29, 0.717) is 18.1 Å². The molecule has 0 aromatic carbocycles. The van der Waals surface area contributed by atoms with Gasteiger partial charge in [0.05, 0.1) is 24.9 Å². The fourth-order valence-corrected chi connectivity index (χ4v) is 2.90. The van der Waals surface area contributed by atoms with Crippen LogP contribution in [0, 0.1) is 13.8 Å². The Bertz CT molecular complexity index is 754. The van der Waals surface area contributed by atoms with E-state index >= 15 is 0 Å². The molecular formula is C15H16N4O2S. The molecule has 3 rings (SSSR count). The van der Waals surface area contributed by atoms with Crippen molar-refractivity contribution in [3.05, 3.63) is 51.7 Å². The number of aromatic nitrogens is 3. The van der Waals surface area contributed by atoms with Gasteiger partial charge < -0.3 is 9.84 Å². The van der Waals surface area contributed by atoms with Crippen LogP contribution in [0.4, 0.5) is 5.82 Å². The number of rotatable bonds is 5. The van der Waals surface area contributed by atoms with Gasteiger partial charge in [-0.05, 0) is 25.3 Å². The highest BCUT2D eigenvalue weighted by Crippen LogP contribution is 2.16. The molecule has 0 fully saturated rings. The van der Waals surface area contributed by atoms with Crippen LogP contribution in [0.15, 0.2) is 34.3 Å². The first-order chi connectivity index (χ1) is 10.6. The lowest BCUT2D eigenvalue weighted by molar-refractivity contribution is -0.115. The summed E-state index contributed by atoms with van der Waals surface area (Å²) in [5.74, 6) is 1.26. The number of thiophene rings is 1. The summed E-state index contributed by atoms with van der Waals surface area (Å²) in [4.78, 5) is 13.4. The van der Waals surface area contributed by atoms with Crippen molar-refractivity contribution in [3.8, 4) is 0 Å². The highest BCUT2D eigenvalue weighted by atomic mass is 32.1. The maximum atomic E-state index is 12.2. The Morgan fingerprint density at radius 2 is 2.27 bits per heavy atom. The lowest BCUT2D eigenvalue weighted by Crippen LogP contribution is -2.18. The van der Waals surface area contributed by atoms with Gasteiger partial charge >= 0.3 is 0 Å². The van der Waals surface area contributed by atoms with Gasteiger partial charge in [0.2, 0.25) is 5.91 Å². The van der Waals surface area contributed by atoms with Crippen LogP contribution in [0.3, 0.4) is 0 Å². The van der Waals surface area contributed by atoms with Crippen LogP contribution in [-0.2, 0) is 17.8 Å². The lowest BCUT2D eigenvalue weighted by atomic mass is 10.1. The molecule has 0 saturated heterocycles. The number of amides is 1. The Morgan fingerprint density at radius 3 is 2.95 bits per heavy atom. The van der Waals surface area contributed by atoms with Gasteiger partial charge in [-0.25, -0.2) is 4.68 Å². The van der Waals surface area contributed by atoms with Crippen LogP contribution in [0.5, 0.6) is 0 Å². The Balaban J connectivity index is 1.68. The van der Waals surface area contributed by atoms with E-state index in [1.165, 1.54) is 4.88 Å². The monoisotopic (exact) mass is 316 g/mol. The van der Waals surface area contributed by atoms with E-state index in [9.17, 15) is 4.79 Å². The molecule has 3 aromatic heterocycles. The standard InChI is InChI=1S/C15H16N4O2S/c1-10-13(11(2)21-18-10)8-15(20)17-14-5-6-16-19(14)9-12-4-3-7-22-12/h3-7H,8-9H2,1-2H3,(H,17,20). The molecule has 0 atom stereocenters. The highest BCUT2D eigenvalue weighted by molar-refractivity contribution is 7.09. The van der Waals surface area contributed by atoms with Crippen LogP contribution in [0.2, 0.25) is 0 Å². The van der Waals surface area contributed by atoms with Gasteiger partial charge in [-0.2, -0.15) is 5.10 Å². The fourth-order valence-electron chi connectivity index (χ4n) is 2.22. The summed E-state index contributed by atoms with van der Waals surface area (Å²) in [6.45, 7) is 4.29. The average molecular weight is 316 g/mol. The van der Waals surface area contributed by atoms with Crippen molar-refractivity contribution in [1.29, 1.82) is 0 Å². The number of anilines is 1. The van der Waals surface area contributed by atoms with E-state index in [4.69, 9.17) is 4.52 Å². The SMILES string of the molecule is Cc1noc(C)c1CC(=O)Nc1ccnn1Cc1cccs1. The number of carbonyl (C=O) groups excluding carboxylic acids is 1. The minimum Gasteiger partial charge on any atom is -0.361 e. The van der Waals surface area contributed by atoms with Crippen molar-refractivity contribution in [1.82, 2.24) is 14.9 Å². The van der Waals surface area contributed by atoms with E-state index < -0.39 is 0 Å². The molecule has 0 aliphatic carbocycles. The van der Waals surface area contributed by atoms with Crippen molar-refractivity contribution in [2.45, 2.75) is 26.8 Å². The maximum Gasteiger partial charge on any atom is 0.230 e. The number of nitrogens with one attached hydrogen (secondary N) is 1.